The molecule has 0 spiro atoms. The third-order valence-electron chi connectivity index (χ3n) is 10.7. The lowest BCUT2D eigenvalue weighted by atomic mass is 10.0. The van der Waals surface area contributed by atoms with Crippen molar-refractivity contribution in [2.75, 3.05) is 6.61 Å². The second-order valence-electron chi connectivity index (χ2n) is 15.8. The third-order valence-corrected chi connectivity index (χ3v) is 10.7. The number of carbonyl (C=O) groups excluding carboxylic acids is 1. The summed E-state index contributed by atoms with van der Waals surface area (Å²) < 4.78 is 0. The van der Waals surface area contributed by atoms with E-state index in [2.05, 4.69) is 31.3 Å². The van der Waals surface area contributed by atoms with Gasteiger partial charge in [-0.2, -0.15) is 0 Å². The summed E-state index contributed by atoms with van der Waals surface area (Å²) in [5.41, 5.74) is 0. The van der Waals surface area contributed by atoms with Gasteiger partial charge in [0.2, 0.25) is 5.91 Å². The van der Waals surface area contributed by atoms with Gasteiger partial charge in [-0.3, -0.25) is 4.79 Å². The average Bonchev–Trinajstić information content (AvgIpc) is 3.13. The summed E-state index contributed by atoms with van der Waals surface area (Å²) >= 11 is 0. The molecule has 0 saturated heterocycles. The molecule has 0 radical (unpaired) electrons. The second-order valence-corrected chi connectivity index (χ2v) is 15.8. The molecule has 0 aromatic heterocycles. The molecule has 4 nitrogen and oxygen atoms in total. The van der Waals surface area contributed by atoms with E-state index in [9.17, 15) is 15.0 Å². The van der Waals surface area contributed by atoms with Gasteiger partial charge in [0.1, 0.15) is 0 Å². The summed E-state index contributed by atoms with van der Waals surface area (Å²) in [6.07, 6.45) is 55.8. The van der Waals surface area contributed by atoms with Crippen molar-refractivity contribution >= 4 is 5.91 Å². The molecule has 0 rings (SSSR count). The van der Waals surface area contributed by atoms with Crippen molar-refractivity contribution in [2.45, 2.75) is 264 Å². The Labute approximate surface area is 319 Å². The van der Waals surface area contributed by atoms with E-state index in [0.29, 0.717) is 6.42 Å². The highest BCUT2D eigenvalue weighted by Crippen LogP contribution is 2.15. The maximum Gasteiger partial charge on any atom is 0.220 e. The first kappa shape index (κ1) is 49.9. The summed E-state index contributed by atoms with van der Waals surface area (Å²) in [4.78, 5) is 12.4. The molecular weight excluding hydrogens is 627 g/mol. The highest BCUT2D eigenvalue weighted by atomic mass is 16.3. The quantitative estimate of drug-likeness (QED) is 0.0435. The Hall–Kier alpha value is -1.13. The van der Waals surface area contributed by atoms with Crippen LogP contribution >= 0.6 is 0 Å². The molecule has 2 atom stereocenters. The number of unbranched alkanes of at least 4 members (excludes halogenated alkanes) is 33. The SMILES string of the molecule is CCCCCCCCCCCCCC/C=C\CCCCCCCCCCCC(=O)NC(CO)C(O)/C=C/CCCCCCCCCCCCCC. The van der Waals surface area contributed by atoms with E-state index in [4.69, 9.17) is 0 Å². The highest BCUT2D eigenvalue weighted by molar-refractivity contribution is 5.76. The fourth-order valence-corrected chi connectivity index (χ4v) is 7.11. The predicted molar refractivity (Wildman–Crippen MR) is 225 cm³/mol. The molecule has 2 unspecified atom stereocenters. The van der Waals surface area contributed by atoms with Gasteiger partial charge in [-0.25, -0.2) is 0 Å². The number of amides is 1. The van der Waals surface area contributed by atoms with E-state index in [-0.39, 0.29) is 12.5 Å². The first-order valence-electron chi connectivity index (χ1n) is 23.1. The van der Waals surface area contributed by atoms with E-state index in [0.717, 1.165) is 25.7 Å². The van der Waals surface area contributed by atoms with Crippen LogP contribution in [0.25, 0.3) is 0 Å². The van der Waals surface area contributed by atoms with E-state index in [1.54, 1.807) is 6.08 Å². The summed E-state index contributed by atoms with van der Waals surface area (Å²) in [5, 5.41) is 23.0. The zero-order valence-electron chi connectivity index (χ0n) is 34.6. The lowest BCUT2D eigenvalue weighted by Crippen LogP contribution is -2.45. The number of hydrogen-bond donors (Lipinski definition) is 3. The average molecular weight is 718 g/mol. The Morgan fingerprint density at radius 2 is 0.745 bits per heavy atom. The standard InChI is InChI=1S/C47H91NO3/c1-3-5-7-9-11-13-15-17-19-20-21-22-23-24-25-26-27-28-29-31-33-35-37-39-41-43-47(51)48-45(44-49)46(50)42-40-38-36-34-32-30-18-16-14-12-10-8-6-4-2/h24-25,40,42,45-46,49-50H,3-23,26-39,41,43-44H2,1-2H3,(H,48,51)/b25-24-,42-40+. The van der Waals surface area contributed by atoms with Crippen LogP contribution in [0.1, 0.15) is 251 Å². The highest BCUT2D eigenvalue weighted by Gasteiger charge is 2.17. The molecule has 0 aromatic rings. The molecule has 4 heteroatoms. The maximum absolute atomic E-state index is 12.4. The van der Waals surface area contributed by atoms with Crippen molar-refractivity contribution in [3.63, 3.8) is 0 Å². The van der Waals surface area contributed by atoms with E-state index >= 15 is 0 Å². The van der Waals surface area contributed by atoms with Gasteiger partial charge in [-0.15, -0.1) is 0 Å². The normalized spacial score (nSPS) is 13.1. The number of hydrogen-bond acceptors (Lipinski definition) is 3. The summed E-state index contributed by atoms with van der Waals surface area (Å²) in [5.74, 6) is -0.0643. The molecule has 0 aromatic carbocycles. The molecular formula is C47H91NO3. The number of rotatable bonds is 42. The van der Waals surface area contributed by atoms with Crippen LogP contribution in [-0.4, -0.2) is 34.9 Å². The van der Waals surface area contributed by atoms with E-state index in [1.165, 1.54) is 205 Å². The monoisotopic (exact) mass is 718 g/mol. The Bertz CT molecular complexity index is 735. The zero-order valence-corrected chi connectivity index (χ0v) is 34.6. The van der Waals surface area contributed by atoms with E-state index in [1.807, 2.05) is 6.08 Å². The lowest BCUT2D eigenvalue weighted by Gasteiger charge is -2.20. The van der Waals surface area contributed by atoms with Gasteiger partial charge in [0.25, 0.3) is 0 Å². The molecule has 0 fully saturated rings. The van der Waals surface area contributed by atoms with Crippen LogP contribution in [0.2, 0.25) is 0 Å². The van der Waals surface area contributed by atoms with Crippen molar-refractivity contribution in [3.8, 4) is 0 Å². The van der Waals surface area contributed by atoms with Crippen LogP contribution in [0.3, 0.4) is 0 Å². The van der Waals surface area contributed by atoms with Crippen molar-refractivity contribution in [1.29, 1.82) is 0 Å². The van der Waals surface area contributed by atoms with Gasteiger partial charge in [0.15, 0.2) is 0 Å². The number of nitrogens with one attached hydrogen (secondary N) is 1. The van der Waals surface area contributed by atoms with Gasteiger partial charge in [-0.1, -0.05) is 224 Å². The fraction of sp³-hybridized carbons (Fsp3) is 0.894. The Balaban J connectivity index is 3.51. The van der Waals surface area contributed by atoms with Gasteiger partial charge in [-0.05, 0) is 44.9 Å². The molecule has 302 valence electrons. The van der Waals surface area contributed by atoms with Crippen LogP contribution < -0.4 is 5.32 Å². The molecule has 51 heavy (non-hydrogen) atoms. The number of carbonyl (C=O) groups is 1. The molecule has 0 aliphatic carbocycles. The Morgan fingerprint density at radius 1 is 0.451 bits per heavy atom. The summed E-state index contributed by atoms with van der Waals surface area (Å²) in [6, 6.07) is -0.620. The molecule has 0 bridgehead atoms. The molecule has 0 aliphatic heterocycles. The van der Waals surface area contributed by atoms with Gasteiger partial charge in [0, 0.05) is 6.42 Å². The van der Waals surface area contributed by atoms with Crippen LogP contribution in [0.5, 0.6) is 0 Å². The first-order valence-corrected chi connectivity index (χ1v) is 23.1. The minimum Gasteiger partial charge on any atom is -0.394 e. The van der Waals surface area contributed by atoms with Crippen LogP contribution in [0.15, 0.2) is 24.3 Å². The Kier molecular flexibility index (Phi) is 42.3. The molecule has 1 amide bonds. The Morgan fingerprint density at radius 3 is 1.08 bits per heavy atom. The van der Waals surface area contributed by atoms with Crippen molar-refractivity contribution < 1.29 is 15.0 Å². The number of aliphatic hydroxyl groups is 2. The van der Waals surface area contributed by atoms with Crippen LogP contribution in [-0.2, 0) is 4.79 Å². The van der Waals surface area contributed by atoms with Crippen molar-refractivity contribution in [1.82, 2.24) is 5.32 Å². The molecule has 3 N–H and O–H groups in total. The molecule has 0 aliphatic rings. The second kappa shape index (κ2) is 43.3. The lowest BCUT2D eigenvalue weighted by molar-refractivity contribution is -0.123. The molecule has 0 saturated carbocycles. The van der Waals surface area contributed by atoms with Crippen LogP contribution in [0.4, 0.5) is 0 Å². The maximum atomic E-state index is 12.4. The first-order chi connectivity index (χ1) is 25.2. The van der Waals surface area contributed by atoms with Crippen molar-refractivity contribution in [3.05, 3.63) is 24.3 Å². The van der Waals surface area contributed by atoms with Gasteiger partial charge in [0.05, 0.1) is 18.8 Å². The fourth-order valence-electron chi connectivity index (χ4n) is 7.11. The van der Waals surface area contributed by atoms with Gasteiger partial charge >= 0.3 is 0 Å². The van der Waals surface area contributed by atoms with E-state index < -0.39 is 12.1 Å². The summed E-state index contributed by atoms with van der Waals surface area (Å²) in [7, 11) is 0. The minimum atomic E-state index is -0.837. The predicted octanol–water partition coefficient (Wildman–Crippen LogP) is 14.4. The zero-order chi connectivity index (χ0) is 37.1. The van der Waals surface area contributed by atoms with Crippen molar-refractivity contribution in [2.24, 2.45) is 0 Å². The largest absolute Gasteiger partial charge is 0.394 e. The third kappa shape index (κ3) is 39.9. The minimum absolute atomic E-state index is 0.0643. The number of aliphatic hydroxyl groups excluding tert-OH is 2. The van der Waals surface area contributed by atoms with Crippen LogP contribution in [0, 0.1) is 0 Å². The summed E-state index contributed by atoms with van der Waals surface area (Å²) in [6.45, 7) is 4.32. The molecule has 0 heterocycles. The number of allylic oxidation sites excluding steroid dienone is 3. The topological polar surface area (TPSA) is 69.6 Å². The smallest absolute Gasteiger partial charge is 0.220 e. The van der Waals surface area contributed by atoms with Gasteiger partial charge < -0.3 is 15.5 Å².